The summed E-state index contributed by atoms with van der Waals surface area (Å²) in [5.41, 5.74) is 1.54. The average molecular weight is 371 g/mol. The minimum atomic E-state index is -0.0991. The number of nitrogens with zero attached hydrogens (tertiary/aromatic N) is 1. The second kappa shape index (κ2) is 9.58. The van der Waals surface area contributed by atoms with Gasteiger partial charge in [-0.05, 0) is 55.9 Å². The van der Waals surface area contributed by atoms with Crippen LogP contribution in [0.25, 0.3) is 11.3 Å². The lowest BCUT2D eigenvalue weighted by molar-refractivity contribution is -0.151. The third-order valence-corrected chi connectivity index (χ3v) is 5.44. The molecule has 0 radical (unpaired) electrons. The van der Waals surface area contributed by atoms with Gasteiger partial charge in [-0.15, -0.1) is 0 Å². The van der Waals surface area contributed by atoms with Crippen molar-refractivity contribution in [1.82, 2.24) is 5.16 Å². The molecule has 0 spiro atoms. The van der Waals surface area contributed by atoms with E-state index in [1.165, 1.54) is 19.3 Å². The van der Waals surface area contributed by atoms with E-state index in [0.29, 0.717) is 11.5 Å². The Labute approximate surface area is 161 Å². The van der Waals surface area contributed by atoms with Crippen molar-refractivity contribution in [1.29, 1.82) is 0 Å². The summed E-state index contributed by atoms with van der Waals surface area (Å²) in [6, 6.07) is 9.37. The van der Waals surface area contributed by atoms with Gasteiger partial charge in [-0.2, -0.15) is 0 Å². The minimum Gasteiger partial charge on any atom is -0.497 e. The summed E-state index contributed by atoms with van der Waals surface area (Å²) < 4.78 is 16.0. The first kappa shape index (κ1) is 19.5. The smallest absolute Gasteiger partial charge is 0.309 e. The molecule has 1 fully saturated rings. The van der Waals surface area contributed by atoms with Gasteiger partial charge < -0.3 is 14.0 Å². The third-order valence-electron chi connectivity index (χ3n) is 5.44. The third kappa shape index (κ3) is 5.34. The van der Waals surface area contributed by atoms with Crippen LogP contribution in [0.5, 0.6) is 5.75 Å². The molecule has 0 saturated heterocycles. The molecule has 1 aromatic carbocycles. The van der Waals surface area contributed by atoms with Crippen molar-refractivity contribution in [3.05, 3.63) is 36.0 Å². The summed E-state index contributed by atoms with van der Waals surface area (Å²) in [5.74, 6) is 2.17. The maximum absolute atomic E-state index is 12.3. The fourth-order valence-corrected chi connectivity index (χ4v) is 3.71. The van der Waals surface area contributed by atoms with E-state index in [-0.39, 0.29) is 18.5 Å². The van der Waals surface area contributed by atoms with Crippen molar-refractivity contribution in [3.63, 3.8) is 0 Å². The molecule has 0 N–H and O–H groups in total. The molecule has 146 valence electrons. The molecule has 1 aliphatic rings. The first-order valence-electron chi connectivity index (χ1n) is 9.96. The lowest BCUT2D eigenvalue weighted by Gasteiger charge is -2.27. The number of carbonyl (C=O) groups excluding carboxylic acids is 1. The lowest BCUT2D eigenvalue weighted by Crippen LogP contribution is -2.23. The Bertz CT molecular complexity index is 714. The Hall–Kier alpha value is -2.30. The number of unbranched alkanes of at least 4 members (excludes halogenated alkanes) is 1. The highest BCUT2D eigenvalue weighted by molar-refractivity contribution is 5.72. The summed E-state index contributed by atoms with van der Waals surface area (Å²) in [6.07, 6.45) is 8.02. The van der Waals surface area contributed by atoms with E-state index in [0.717, 1.165) is 42.9 Å². The Morgan fingerprint density at radius 1 is 1.19 bits per heavy atom. The van der Waals surface area contributed by atoms with E-state index in [9.17, 15) is 4.79 Å². The van der Waals surface area contributed by atoms with Crippen LogP contribution in [0.3, 0.4) is 0 Å². The van der Waals surface area contributed by atoms with Crippen LogP contribution in [-0.2, 0) is 16.1 Å². The highest BCUT2D eigenvalue weighted by Gasteiger charge is 2.27. The van der Waals surface area contributed by atoms with Gasteiger partial charge in [-0.3, -0.25) is 4.79 Å². The molecular weight excluding hydrogens is 342 g/mol. The van der Waals surface area contributed by atoms with Crippen molar-refractivity contribution in [2.45, 2.75) is 58.5 Å². The molecule has 5 heteroatoms. The summed E-state index contributed by atoms with van der Waals surface area (Å²) in [7, 11) is 1.63. The molecule has 0 amide bonds. The van der Waals surface area contributed by atoms with Gasteiger partial charge in [-0.1, -0.05) is 31.3 Å². The SMILES string of the molecule is CCCCC1CCC(C(=O)OCc2cc(-c3ccc(OC)cc3)on2)CC1. The first-order valence-corrected chi connectivity index (χ1v) is 9.96. The topological polar surface area (TPSA) is 61.6 Å². The fraction of sp³-hybridized carbons (Fsp3) is 0.545. The number of carbonyl (C=O) groups is 1. The number of ether oxygens (including phenoxy) is 2. The normalized spacial score (nSPS) is 19.6. The van der Waals surface area contributed by atoms with Gasteiger partial charge in [0.05, 0.1) is 13.0 Å². The monoisotopic (exact) mass is 371 g/mol. The zero-order valence-electron chi connectivity index (χ0n) is 16.3. The Morgan fingerprint density at radius 2 is 1.93 bits per heavy atom. The number of hydrogen-bond donors (Lipinski definition) is 0. The molecule has 1 aliphatic carbocycles. The summed E-state index contributed by atoms with van der Waals surface area (Å²) >= 11 is 0. The Morgan fingerprint density at radius 3 is 2.59 bits per heavy atom. The number of methoxy groups -OCH3 is 1. The number of benzene rings is 1. The lowest BCUT2D eigenvalue weighted by atomic mass is 9.80. The van der Waals surface area contributed by atoms with E-state index < -0.39 is 0 Å². The molecule has 0 bridgehead atoms. The maximum Gasteiger partial charge on any atom is 0.309 e. The summed E-state index contributed by atoms with van der Waals surface area (Å²) in [6.45, 7) is 2.39. The average Bonchev–Trinajstić information content (AvgIpc) is 3.20. The van der Waals surface area contributed by atoms with E-state index >= 15 is 0 Å². The standard InChI is InChI=1S/C22H29NO4/c1-3-4-5-16-6-8-18(9-7-16)22(24)26-15-19-14-21(27-23-19)17-10-12-20(25-2)13-11-17/h10-14,16,18H,3-9,15H2,1-2H3. The van der Waals surface area contributed by atoms with Crippen LogP contribution in [0.2, 0.25) is 0 Å². The highest BCUT2D eigenvalue weighted by atomic mass is 16.5. The predicted molar refractivity (Wildman–Crippen MR) is 103 cm³/mol. The van der Waals surface area contributed by atoms with Gasteiger partial charge in [0, 0.05) is 11.6 Å². The number of esters is 1. The second-order valence-electron chi connectivity index (χ2n) is 7.38. The predicted octanol–water partition coefficient (Wildman–Crippen LogP) is 5.39. The van der Waals surface area contributed by atoms with Crippen LogP contribution in [0.1, 0.15) is 57.6 Å². The summed E-state index contributed by atoms with van der Waals surface area (Å²) in [4.78, 5) is 12.3. The Balaban J connectivity index is 1.46. The van der Waals surface area contributed by atoms with E-state index in [1.54, 1.807) is 7.11 Å². The number of aromatic nitrogens is 1. The molecule has 1 heterocycles. The van der Waals surface area contributed by atoms with Gasteiger partial charge in [-0.25, -0.2) is 0 Å². The fourth-order valence-electron chi connectivity index (χ4n) is 3.71. The molecule has 27 heavy (non-hydrogen) atoms. The Kier molecular flexibility index (Phi) is 6.91. The van der Waals surface area contributed by atoms with Gasteiger partial charge in [0.1, 0.15) is 18.1 Å². The molecule has 5 nitrogen and oxygen atoms in total. The van der Waals surface area contributed by atoms with Crippen LogP contribution in [0.15, 0.2) is 34.9 Å². The van der Waals surface area contributed by atoms with Crippen molar-refractivity contribution in [2.24, 2.45) is 11.8 Å². The van der Waals surface area contributed by atoms with E-state index in [2.05, 4.69) is 12.1 Å². The van der Waals surface area contributed by atoms with E-state index in [4.69, 9.17) is 14.0 Å². The van der Waals surface area contributed by atoms with Crippen molar-refractivity contribution >= 4 is 5.97 Å². The minimum absolute atomic E-state index is 0.0378. The second-order valence-corrected chi connectivity index (χ2v) is 7.38. The van der Waals surface area contributed by atoms with Crippen LogP contribution in [-0.4, -0.2) is 18.2 Å². The maximum atomic E-state index is 12.3. The molecule has 0 atom stereocenters. The molecular formula is C22H29NO4. The van der Waals surface area contributed by atoms with Crippen LogP contribution in [0.4, 0.5) is 0 Å². The molecule has 1 aromatic heterocycles. The van der Waals surface area contributed by atoms with Crippen molar-refractivity contribution in [3.8, 4) is 17.1 Å². The molecule has 3 rings (SSSR count). The van der Waals surface area contributed by atoms with Crippen molar-refractivity contribution in [2.75, 3.05) is 7.11 Å². The van der Waals surface area contributed by atoms with Crippen molar-refractivity contribution < 1.29 is 18.8 Å². The van der Waals surface area contributed by atoms with Gasteiger partial charge in [0.15, 0.2) is 5.76 Å². The first-order chi connectivity index (χ1) is 13.2. The van der Waals surface area contributed by atoms with Crippen LogP contribution in [0, 0.1) is 11.8 Å². The quantitative estimate of drug-likeness (QED) is 0.582. The van der Waals surface area contributed by atoms with Crippen LogP contribution < -0.4 is 4.74 Å². The van der Waals surface area contributed by atoms with Crippen LogP contribution >= 0.6 is 0 Å². The zero-order chi connectivity index (χ0) is 19.1. The summed E-state index contributed by atoms with van der Waals surface area (Å²) in [5, 5.41) is 4.01. The highest BCUT2D eigenvalue weighted by Crippen LogP contribution is 2.32. The molecule has 0 aliphatic heterocycles. The molecule has 2 aromatic rings. The van der Waals surface area contributed by atoms with Gasteiger partial charge in [0.25, 0.3) is 0 Å². The van der Waals surface area contributed by atoms with Gasteiger partial charge in [0.2, 0.25) is 0 Å². The number of hydrogen-bond acceptors (Lipinski definition) is 5. The number of rotatable bonds is 8. The zero-order valence-corrected chi connectivity index (χ0v) is 16.3. The molecule has 0 unspecified atom stereocenters. The van der Waals surface area contributed by atoms with Gasteiger partial charge >= 0.3 is 5.97 Å². The largest absolute Gasteiger partial charge is 0.497 e. The molecule has 1 saturated carbocycles. The van der Waals surface area contributed by atoms with E-state index in [1.807, 2.05) is 30.3 Å².